The van der Waals surface area contributed by atoms with E-state index < -0.39 is 0 Å². The first-order chi connectivity index (χ1) is 8.08. The first kappa shape index (κ1) is 12.3. The Bertz CT molecular complexity index is 567. The van der Waals surface area contributed by atoms with E-state index in [1.807, 2.05) is 18.4 Å². The molecular weight excluding hydrogens is 305 g/mol. The van der Waals surface area contributed by atoms with Gasteiger partial charge in [0.15, 0.2) is 0 Å². The highest BCUT2D eigenvalue weighted by atomic mass is 79.9. The summed E-state index contributed by atoms with van der Waals surface area (Å²) in [5, 5.41) is 4.53. The van der Waals surface area contributed by atoms with Gasteiger partial charge < -0.3 is 5.32 Å². The highest BCUT2D eigenvalue weighted by Gasteiger charge is 2.12. The van der Waals surface area contributed by atoms with E-state index in [1.165, 1.54) is 23.5 Å². The van der Waals surface area contributed by atoms with E-state index >= 15 is 0 Å². The summed E-state index contributed by atoms with van der Waals surface area (Å²) in [4.78, 5) is 12.6. The summed E-state index contributed by atoms with van der Waals surface area (Å²) in [5.41, 5.74) is 1.35. The van der Waals surface area contributed by atoms with Crippen LogP contribution in [0.25, 0.3) is 0 Å². The van der Waals surface area contributed by atoms with Gasteiger partial charge in [0, 0.05) is 4.47 Å². The van der Waals surface area contributed by atoms with Crippen molar-refractivity contribution in [2.75, 3.05) is 5.32 Å². The van der Waals surface area contributed by atoms with Crippen LogP contribution in [0, 0.1) is 12.7 Å². The Morgan fingerprint density at radius 1 is 1.41 bits per heavy atom. The van der Waals surface area contributed by atoms with Crippen LogP contribution in [0.4, 0.5) is 10.1 Å². The minimum absolute atomic E-state index is 0.219. The molecule has 0 unspecified atom stereocenters. The predicted molar refractivity (Wildman–Crippen MR) is 71.1 cm³/mol. The Balaban J connectivity index is 2.24. The normalized spacial score (nSPS) is 10.3. The summed E-state index contributed by atoms with van der Waals surface area (Å²) in [6.07, 6.45) is 0. The maximum absolute atomic E-state index is 13.0. The van der Waals surface area contributed by atoms with Gasteiger partial charge in [-0.25, -0.2) is 4.39 Å². The number of anilines is 1. The molecule has 0 radical (unpaired) electrons. The molecule has 1 aromatic carbocycles. The van der Waals surface area contributed by atoms with Gasteiger partial charge in [-0.2, -0.15) is 0 Å². The monoisotopic (exact) mass is 313 g/mol. The molecule has 0 fully saturated rings. The second-order valence-electron chi connectivity index (χ2n) is 3.51. The van der Waals surface area contributed by atoms with Gasteiger partial charge in [0.05, 0.1) is 10.6 Å². The van der Waals surface area contributed by atoms with Gasteiger partial charge in [-0.3, -0.25) is 4.79 Å². The van der Waals surface area contributed by atoms with Crippen molar-refractivity contribution in [3.05, 3.63) is 50.4 Å². The van der Waals surface area contributed by atoms with Crippen LogP contribution in [0.5, 0.6) is 0 Å². The van der Waals surface area contributed by atoms with Crippen LogP contribution in [0.15, 0.2) is 34.1 Å². The van der Waals surface area contributed by atoms with Gasteiger partial charge in [0.2, 0.25) is 0 Å². The molecule has 0 bridgehead atoms. The molecule has 0 aliphatic rings. The number of nitrogens with one attached hydrogen (secondary N) is 1. The van der Waals surface area contributed by atoms with Crippen LogP contribution >= 0.6 is 27.3 Å². The standard InChI is InChI=1S/C12H9BrFNOS/c1-7-4-5-17-11(7)12(16)15-10-6-8(14)2-3-9(10)13/h2-6H,1H3,(H,15,16). The highest BCUT2D eigenvalue weighted by Crippen LogP contribution is 2.25. The molecule has 0 atom stereocenters. The number of carbonyl (C=O) groups excluding carboxylic acids is 1. The Morgan fingerprint density at radius 2 is 2.18 bits per heavy atom. The molecule has 2 nitrogen and oxygen atoms in total. The lowest BCUT2D eigenvalue weighted by atomic mass is 10.2. The van der Waals surface area contributed by atoms with E-state index in [0.717, 1.165) is 5.56 Å². The smallest absolute Gasteiger partial charge is 0.266 e. The SMILES string of the molecule is Cc1ccsc1C(=O)Nc1cc(F)ccc1Br. The largest absolute Gasteiger partial charge is 0.320 e. The molecule has 2 aromatic rings. The summed E-state index contributed by atoms with van der Waals surface area (Å²) < 4.78 is 13.7. The fourth-order valence-corrected chi connectivity index (χ4v) is 2.54. The first-order valence-corrected chi connectivity index (χ1v) is 6.55. The zero-order valence-electron chi connectivity index (χ0n) is 8.96. The molecule has 1 amide bonds. The quantitative estimate of drug-likeness (QED) is 0.884. The lowest BCUT2D eigenvalue weighted by molar-refractivity contribution is 0.103. The number of benzene rings is 1. The number of carbonyl (C=O) groups is 1. The third kappa shape index (κ3) is 2.73. The van der Waals surface area contributed by atoms with E-state index in [9.17, 15) is 9.18 Å². The minimum atomic E-state index is -0.383. The molecular formula is C12H9BrFNOS. The molecule has 1 aromatic heterocycles. The van der Waals surface area contributed by atoms with Gasteiger partial charge in [0.1, 0.15) is 5.82 Å². The maximum atomic E-state index is 13.0. The molecule has 0 aliphatic heterocycles. The van der Waals surface area contributed by atoms with E-state index in [0.29, 0.717) is 15.0 Å². The lowest BCUT2D eigenvalue weighted by Gasteiger charge is -2.06. The zero-order chi connectivity index (χ0) is 12.4. The fraction of sp³-hybridized carbons (Fsp3) is 0.0833. The Hall–Kier alpha value is -1.20. The molecule has 1 N–H and O–H groups in total. The molecule has 0 spiro atoms. The van der Waals surface area contributed by atoms with Crippen molar-refractivity contribution >= 4 is 38.9 Å². The van der Waals surface area contributed by atoms with Crippen molar-refractivity contribution in [1.29, 1.82) is 0 Å². The molecule has 2 rings (SSSR count). The van der Waals surface area contributed by atoms with Crippen molar-refractivity contribution in [2.45, 2.75) is 6.92 Å². The number of amides is 1. The van der Waals surface area contributed by atoms with Crippen molar-refractivity contribution in [3.63, 3.8) is 0 Å². The van der Waals surface area contributed by atoms with Crippen molar-refractivity contribution in [3.8, 4) is 0 Å². The molecule has 17 heavy (non-hydrogen) atoms. The lowest BCUT2D eigenvalue weighted by Crippen LogP contribution is -2.11. The van der Waals surface area contributed by atoms with Crippen LogP contribution < -0.4 is 5.32 Å². The first-order valence-electron chi connectivity index (χ1n) is 4.88. The maximum Gasteiger partial charge on any atom is 0.266 e. The number of thiophene rings is 1. The average molecular weight is 314 g/mol. The zero-order valence-corrected chi connectivity index (χ0v) is 11.4. The van der Waals surface area contributed by atoms with E-state index in [2.05, 4.69) is 21.2 Å². The number of hydrogen-bond donors (Lipinski definition) is 1. The fourth-order valence-electron chi connectivity index (χ4n) is 1.38. The third-order valence-corrected chi connectivity index (χ3v) is 3.95. The summed E-state index contributed by atoms with van der Waals surface area (Å²) in [6, 6.07) is 6.05. The Morgan fingerprint density at radius 3 is 2.82 bits per heavy atom. The van der Waals surface area contributed by atoms with Crippen LogP contribution in [0.2, 0.25) is 0 Å². The van der Waals surface area contributed by atoms with E-state index in [-0.39, 0.29) is 11.7 Å². The molecule has 0 saturated carbocycles. The molecule has 1 heterocycles. The predicted octanol–water partition coefficient (Wildman–Crippen LogP) is 4.21. The Labute approximate surface area is 111 Å². The van der Waals surface area contributed by atoms with Crippen LogP contribution in [-0.2, 0) is 0 Å². The Kier molecular flexibility index (Phi) is 3.59. The summed E-state index contributed by atoms with van der Waals surface area (Å²) >= 11 is 4.63. The van der Waals surface area contributed by atoms with Crippen LogP contribution in [-0.4, -0.2) is 5.91 Å². The third-order valence-electron chi connectivity index (χ3n) is 2.24. The average Bonchev–Trinajstić information content (AvgIpc) is 2.70. The van der Waals surface area contributed by atoms with Gasteiger partial charge in [0.25, 0.3) is 5.91 Å². The van der Waals surface area contributed by atoms with Gasteiger partial charge in [-0.15, -0.1) is 11.3 Å². The van der Waals surface area contributed by atoms with Crippen LogP contribution in [0.1, 0.15) is 15.2 Å². The number of aryl methyl sites for hydroxylation is 1. The van der Waals surface area contributed by atoms with Gasteiger partial charge in [-0.1, -0.05) is 0 Å². The summed E-state index contributed by atoms with van der Waals surface area (Å²) in [5.74, 6) is -0.602. The number of rotatable bonds is 2. The minimum Gasteiger partial charge on any atom is -0.320 e. The molecule has 0 saturated heterocycles. The molecule has 0 aliphatic carbocycles. The molecule has 88 valence electrons. The number of hydrogen-bond acceptors (Lipinski definition) is 2. The van der Waals surface area contributed by atoms with Gasteiger partial charge >= 0.3 is 0 Å². The second kappa shape index (κ2) is 4.98. The second-order valence-corrected chi connectivity index (χ2v) is 5.28. The van der Waals surface area contributed by atoms with Crippen LogP contribution in [0.3, 0.4) is 0 Å². The van der Waals surface area contributed by atoms with Crippen molar-refractivity contribution in [1.82, 2.24) is 0 Å². The van der Waals surface area contributed by atoms with Crippen molar-refractivity contribution < 1.29 is 9.18 Å². The molecule has 5 heteroatoms. The summed E-state index contributed by atoms with van der Waals surface area (Å²) in [6.45, 7) is 1.87. The topological polar surface area (TPSA) is 29.1 Å². The van der Waals surface area contributed by atoms with E-state index in [4.69, 9.17) is 0 Å². The van der Waals surface area contributed by atoms with Gasteiger partial charge in [-0.05, 0) is 58.1 Å². The number of halogens is 2. The highest BCUT2D eigenvalue weighted by molar-refractivity contribution is 9.10. The summed E-state index contributed by atoms with van der Waals surface area (Å²) in [7, 11) is 0. The van der Waals surface area contributed by atoms with Crippen molar-refractivity contribution in [2.24, 2.45) is 0 Å². The van der Waals surface area contributed by atoms with E-state index in [1.54, 1.807) is 6.07 Å².